The topological polar surface area (TPSA) is 39.2 Å². The smallest absolute Gasteiger partial charge is 0.136 e. The summed E-state index contributed by atoms with van der Waals surface area (Å²) >= 11 is 0. The van der Waals surface area contributed by atoms with Gasteiger partial charge in [-0.15, -0.1) is 0 Å². The second-order valence-corrected chi connectivity index (χ2v) is 3.60. The third-order valence-electron chi connectivity index (χ3n) is 2.64. The van der Waals surface area contributed by atoms with Gasteiger partial charge in [-0.1, -0.05) is 24.3 Å². The largest absolute Gasteiger partial charge is 0.457 e. The molecule has 3 rings (SSSR count). The predicted octanol–water partition coefficient (Wildman–Crippen LogP) is 0.828. The van der Waals surface area contributed by atoms with Gasteiger partial charge in [0.1, 0.15) is 10.8 Å². The van der Waals surface area contributed by atoms with Gasteiger partial charge in [0.05, 0.1) is 0 Å². The highest BCUT2D eigenvalue weighted by atomic mass is 16.3. The number of furan rings is 1. The molecule has 0 spiro atoms. The zero-order valence-corrected chi connectivity index (χ0v) is 8.23. The highest BCUT2D eigenvalue weighted by Gasteiger charge is 2.13. The molecular weight excluding hydrogens is 186 g/mol. The number of hydrogen-bond acceptors (Lipinski definition) is 2. The van der Waals surface area contributed by atoms with E-state index in [2.05, 4.69) is 18.2 Å². The van der Waals surface area contributed by atoms with Crippen LogP contribution in [0.15, 0.2) is 34.7 Å². The number of fused-ring (bicyclic) bond motifs is 3. The molecule has 2 heteroatoms. The zero-order valence-electron chi connectivity index (χ0n) is 8.23. The Kier molecular flexibility index (Phi) is 1.76. The molecule has 0 saturated heterocycles. The van der Waals surface area contributed by atoms with Gasteiger partial charge in [-0.3, -0.25) is 0 Å². The first kappa shape index (κ1) is 8.50. The molecule has 2 nitrogen and oxygen atoms in total. The predicted molar refractivity (Wildman–Crippen MR) is 60.5 cm³/mol. The van der Waals surface area contributed by atoms with E-state index in [1.165, 1.54) is 16.7 Å². The lowest BCUT2D eigenvalue weighted by molar-refractivity contribution is 0.503. The Hall–Kier alpha value is -1.80. The first-order chi connectivity index (χ1) is 7.38. The minimum absolute atomic E-state index is 0.508. The highest BCUT2D eigenvalue weighted by Crippen LogP contribution is 2.24. The van der Waals surface area contributed by atoms with E-state index in [9.17, 15) is 0 Å². The minimum Gasteiger partial charge on any atom is -0.457 e. The van der Waals surface area contributed by atoms with E-state index >= 15 is 0 Å². The lowest BCUT2D eigenvalue weighted by atomic mass is 10.1. The fraction of sp³-hybridized carbons (Fsp3) is 0.0769. The van der Waals surface area contributed by atoms with E-state index in [4.69, 9.17) is 10.2 Å². The molecule has 74 valence electrons. The molecule has 0 amide bonds. The summed E-state index contributed by atoms with van der Waals surface area (Å²) in [5.41, 5.74) is 10.9. The summed E-state index contributed by atoms with van der Waals surface area (Å²) < 4.78 is 5.66. The van der Waals surface area contributed by atoms with Gasteiger partial charge in [-0.2, -0.15) is 0 Å². The van der Waals surface area contributed by atoms with Crippen molar-refractivity contribution in [3.8, 4) is 11.1 Å². The summed E-state index contributed by atoms with van der Waals surface area (Å²) in [5, 5.41) is 0. The molecule has 0 unspecified atom stereocenters. The highest BCUT2D eigenvalue weighted by molar-refractivity contribution is 5.81. The molecular formula is C13H11NO. The van der Waals surface area contributed by atoms with Crippen molar-refractivity contribution in [1.29, 1.82) is 0 Å². The van der Waals surface area contributed by atoms with Gasteiger partial charge in [0.15, 0.2) is 0 Å². The summed E-state index contributed by atoms with van der Waals surface area (Å²) in [6.07, 6.45) is 3.95. The molecule has 1 aromatic heterocycles. The average molecular weight is 197 g/mol. The molecule has 2 N–H and O–H groups in total. The fourth-order valence-corrected chi connectivity index (χ4v) is 1.97. The van der Waals surface area contributed by atoms with Crippen LogP contribution in [0, 0.1) is 0 Å². The first-order valence-electron chi connectivity index (χ1n) is 5.00. The molecule has 15 heavy (non-hydrogen) atoms. The summed E-state index contributed by atoms with van der Waals surface area (Å²) in [5.74, 6) is 0. The normalized spacial score (nSPS) is 13.5. The third kappa shape index (κ3) is 1.22. The Morgan fingerprint density at radius 1 is 1.20 bits per heavy atom. The van der Waals surface area contributed by atoms with E-state index < -0.39 is 0 Å². The molecule has 0 fully saturated rings. The molecule has 1 aliphatic carbocycles. The maximum atomic E-state index is 5.66. The van der Waals surface area contributed by atoms with Crippen LogP contribution in [0.1, 0.15) is 5.56 Å². The molecule has 0 saturated carbocycles. The van der Waals surface area contributed by atoms with Crippen LogP contribution in [0.5, 0.6) is 0 Å². The lowest BCUT2D eigenvalue weighted by Gasteiger charge is -1.95. The van der Waals surface area contributed by atoms with Gasteiger partial charge in [0, 0.05) is 12.1 Å². The van der Waals surface area contributed by atoms with E-state index in [0.29, 0.717) is 6.54 Å². The van der Waals surface area contributed by atoms with Gasteiger partial charge < -0.3 is 10.2 Å². The number of rotatable bonds is 1. The molecule has 2 aromatic rings. The molecule has 0 bridgehead atoms. The van der Waals surface area contributed by atoms with Crippen LogP contribution < -0.4 is 16.6 Å². The van der Waals surface area contributed by atoms with Crippen LogP contribution in [-0.4, -0.2) is 6.54 Å². The summed E-state index contributed by atoms with van der Waals surface area (Å²) in [7, 11) is 0. The van der Waals surface area contributed by atoms with Crippen molar-refractivity contribution < 1.29 is 4.42 Å². The maximum absolute atomic E-state index is 5.66. The monoisotopic (exact) mass is 197 g/mol. The van der Waals surface area contributed by atoms with Gasteiger partial charge in [-0.25, -0.2) is 0 Å². The Labute approximate surface area is 87.3 Å². The van der Waals surface area contributed by atoms with Crippen LogP contribution in [0.3, 0.4) is 0 Å². The summed E-state index contributed by atoms with van der Waals surface area (Å²) in [6, 6.07) is 10.3. The van der Waals surface area contributed by atoms with E-state index in [0.717, 1.165) is 10.8 Å². The summed E-state index contributed by atoms with van der Waals surface area (Å²) in [4.78, 5) is 0. The average Bonchev–Trinajstić information content (AvgIpc) is 2.75. The van der Waals surface area contributed by atoms with Gasteiger partial charge in [0.25, 0.3) is 0 Å². The molecule has 1 heterocycles. The van der Waals surface area contributed by atoms with Crippen LogP contribution in [0.4, 0.5) is 0 Å². The van der Waals surface area contributed by atoms with E-state index in [1.807, 2.05) is 24.3 Å². The Morgan fingerprint density at radius 2 is 2.07 bits per heavy atom. The molecule has 1 aromatic carbocycles. The Balaban J connectivity index is 2.28. The van der Waals surface area contributed by atoms with Crippen molar-refractivity contribution in [3.63, 3.8) is 0 Å². The molecule has 0 atom stereocenters. The zero-order chi connectivity index (χ0) is 10.3. The van der Waals surface area contributed by atoms with Gasteiger partial charge in [0.2, 0.25) is 0 Å². The van der Waals surface area contributed by atoms with Crippen molar-refractivity contribution in [2.45, 2.75) is 0 Å². The summed E-state index contributed by atoms with van der Waals surface area (Å²) in [6.45, 7) is 0.508. The van der Waals surface area contributed by atoms with Crippen molar-refractivity contribution in [3.05, 3.63) is 46.7 Å². The second kappa shape index (κ2) is 3.11. The van der Waals surface area contributed by atoms with Crippen molar-refractivity contribution in [2.24, 2.45) is 5.73 Å². The third-order valence-corrected chi connectivity index (χ3v) is 2.64. The second-order valence-electron chi connectivity index (χ2n) is 3.60. The SMILES string of the molecule is NCC=c1cc2c(o1)=Cc1ccccc1-2. The number of benzene rings is 1. The molecule has 0 radical (unpaired) electrons. The van der Waals surface area contributed by atoms with Crippen molar-refractivity contribution in [1.82, 2.24) is 0 Å². The maximum Gasteiger partial charge on any atom is 0.136 e. The van der Waals surface area contributed by atoms with Crippen LogP contribution in [-0.2, 0) is 0 Å². The van der Waals surface area contributed by atoms with Gasteiger partial charge >= 0.3 is 0 Å². The first-order valence-corrected chi connectivity index (χ1v) is 5.00. The molecule has 1 aliphatic rings. The van der Waals surface area contributed by atoms with Crippen LogP contribution >= 0.6 is 0 Å². The van der Waals surface area contributed by atoms with E-state index in [1.54, 1.807) is 0 Å². The van der Waals surface area contributed by atoms with Crippen LogP contribution in [0.25, 0.3) is 23.3 Å². The molecule has 0 aliphatic heterocycles. The minimum atomic E-state index is 0.508. The quantitative estimate of drug-likeness (QED) is 0.627. The fourth-order valence-electron chi connectivity index (χ4n) is 1.97. The van der Waals surface area contributed by atoms with Crippen molar-refractivity contribution in [2.75, 3.05) is 6.54 Å². The van der Waals surface area contributed by atoms with Gasteiger partial charge in [-0.05, 0) is 29.3 Å². The number of hydrogen-bond donors (Lipinski definition) is 1. The Morgan fingerprint density at radius 3 is 2.93 bits per heavy atom. The van der Waals surface area contributed by atoms with Crippen molar-refractivity contribution >= 4 is 12.2 Å². The standard InChI is InChI=1S/C13H11NO/c14-6-5-10-8-12-11-4-2-1-3-9(11)7-13(12)15-10/h1-5,7-8H,6,14H2. The number of nitrogens with two attached hydrogens (primary N) is 1. The van der Waals surface area contributed by atoms with E-state index in [-0.39, 0.29) is 0 Å². The van der Waals surface area contributed by atoms with Crippen LogP contribution in [0.2, 0.25) is 0 Å². The Bertz CT molecular complexity index is 622. The lowest BCUT2D eigenvalue weighted by Crippen LogP contribution is -2.03.